The molecule has 15 heavy (non-hydrogen) atoms. The summed E-state index contributed by atoms with van der Waals surface area (Å²) in [6.07, 6.45) is 6.93. The third-order valence-corrected chi connectivity index (χ3v) is 6.15. The topological polar surface area (TPSA) is 0 Å². The van der Waals surface area contributed by atoms with Crippen molar-refractivity contribution < 1.29 is 0 Å². The smallest absolute Gasteiger partial charge is 0.0385 e. The van der Waals surface area contributed by atoms with Gasteiger partial charge in [0.25, 0.3) is 0 Å². The van der Waals surface area contributed by atoms with E-state index in [4.69, 9.17) is 0 Å². The van der Waals surface area contributed by atoms with E-state index >= 15 is 0 Å². The number of rotatable bonds is 0. The molecule has 0 N–H and O–H groups in total. The average molecular weight is 246 g/mol. The molecule has 3 rings (SSSR count). The van der Waals surface area contributed by atoms with Gasteiger partial charge in [-0.3, -0.25) is 0 Å². The second-order valence-electron chi connectivity index (χ2n) is 4.40. The molecule has 0 bridgehead atoms. The molecular formula is C12H14SSi2. The molecule has 1 heterocycles. The van der Waals surface area contributed by atoms with Crippen LogP contribution in [0.1, 0.15) is 11.5 Å². The summed E-state index contributed by atoms with van der Waals surface area (Å²) in [5.41, 5.74) is 1.60. The number of hydrogen-bond acceptors (Lipinski definition) is 1. The highest BCUT2D eigenvalue weighted by atomic mass is 32.2. The van der Waals surface area contributed by atoms with E-state index < -0.39 is 0 Å². The molecule has 0 nitrogen and oxygen atoms in total. The third kappa shape index (κ3) is 1.50. The van der Waals surface area contributed by atoms with Crippen molar-refractivity contribution in [3.63, 3.8) is 0 Å². The summed E-state index contributed by atoms with van der Waals surface area (Å²) in [5.74, 6) is 0.704. The summed E-state index contributed by atoms with van der Waals surface area (Å²) in [5, 5.41) is 3.86. The molecule has 0 aromatic heterocycles. The van der Waals surface area contributed by atoms with Gasteiger partial charge in [0.05, 0.1) is 0 Å². The zero-order valence-electron chi connectivity index (χ0n) is 9.03. The highest BCUT2D eigenvalue weighted by molar-refractivity contribution is 8.00. The van der Waals surface area contributed by atoms with Crippen LogP contribution in [0.2, 0.25) is 0 Å². The van der Waals surface area contributed by atoms with Crippen molar-refractivity contribution in [1.82, 2.24) is 0 Å². The number of thioether (sulfide) groups is 1. The summed E-state index contributed by atoms with van der Waals surface area (Å²) in [6, 6.07) is 7.04. The van der Waals surface area contributed by atoms with E-state index in [1.54, 1.807) is 10.8 Å². The Balaban J connectivity index is 2.14. The SMILES string of the molecule is [SiH3]C1=CC=CC2Sc3ccc([SiH3])cc3C12. The highest BCUT2D eigenvalue weighted by Crippen LogP contribution is 2.49. The van der Waals surface area contributed by atoms with Crippen LogP contribution in [0.4, 0.5) is 0 Å². The maximum absolute atomic E-state index is 2.43. The van der Waals surface area contributed by atoms with Gasteiger partial charge in [-0.15, -0.1) is 11.8 Å². The molecule has 0 radical (unpaired) electrons. The fourth-order valence-corrected chi connectivity index (χ4v) is 5.50. The maximum Gasteiger partial charge on any atom is 0.0385 e. The van der Waals surface area contributed by atoms with Crippen LogP contribution in [-0.2, 0) is 0 Å². The predicted octanol–water partition coefficient (Wildman–Crippen LogP) is 0.0543. The second-order valence-corrected chi connectivity index (χ2v) is 7.93. The van der Waals surface area contributed by atoms with E-state index in [1.165, 1.54) is 30.6 Å². The molecule has 1 aliphatic carbocycles. The zero-order valence-corrected chi connectivity index (χ0v) is 13.8. The van der Waals surface area contributed by atoms with E-state index in [9.17, 15) is 0 Å². The summed E-state index contributed by atoms with van der Waals surface area (Å²) >= 11 is 2.04. The monoisotopic (exact) mass is 246 g/mol. The van der Waals surface area contributed by atoms with Crippen molar-refractivity contribution in [2.75, 3.05) is 0 Å². The van der Waals surface area contributed by atoms with Crippen molar-refractivity contribution in [2.24, 2.45) is 0 Å². The van der Waals surface area contributed by atoms with E-state index in [2.05, 4.69) is 36.4 Å². The molecule has 0 saturated carbocycles. The lowest BCUT2D eigenvalue weighted by molar-refractivity contribution is 0.865. The van der Waals surface area contributed by atoms with Gasteiger partial charge in [0, 0.05) is 36.5 Å². The number of fused-ring (bicyclic) bond motifs is 3. The van der Waals surface area contributed by atoms with Gasteiger partial charge in [-0.25, -0.2) is 0 Å². The van der Waals surface area contributed by atoms with Gasteiger partial charge in [0.1, 0.15) is 0 Å². The second kappa shape index (κ2) is 3.51. The van der Waals surface area contributed by atoms with Crippen molar-refractivity contribution in [3.05, 3.63) is 47.2 Å². The summed E-state index contributed by atoms with van der Waals surface area (Å²) in [6.45, 7) is 0. The lowest BCUT2D eigenvalue weighted by Crippen LogP contribution is -2.14. The predicted molar refractivity (Wildman–Crippen MR) is 75.6 cm³/mol. The summed E-state index contributed by atoms with van der Waals surface area (Å²) in [4.78, 5) is 1.51. The zero-order chi connectivity index (χ0) is 10.4. The standard InChI is InChI=1S/C12H14SSi2/c14-7-4-5-9-8(6-7)12-10(13-9)2-1-3-11(12)15/h1-6,10,12H,14-15H3. The fraction of sp³-hybridized carbons (Fsp3) is 0.167. The Hall–Kier alpha value is -0.516. The lowest BCUT2D eigenvalue weighted by atomic mass is 9.92. The largest absolute Gasteiger partial charge is 0.117 e. The molecule has 2 aliphatic rings. The Bertz CT molecular complexity index is 477. The molecule has 1 aliphatic heterocycles. The molecule has 0 saturated heterocycles. The molecule has 2 unspecified atom stereocenters. The van der Waals surface area contributed by atoms with Crippen LogP contribution in [0, 0.1) is 0 Å². The molecular weight excluding hydrogens is 232 g/mol. The van der Waals surface area contributed by atoms with Crippen LogP contribution >= 0.6 is 11.8 Å². The van der Waals surface area contributed by atoms with E-state index in [1.807, 2.05) is 11.8 Å². The Morgan fingerprint density at radius 3 is 2.93 bits per heavy atom. The summed E-state index contributed by atoms with van der Waals surface area (Å²) < 4.78 is 0. The molecule has 0 amide bonds. The van der Waals surface area contributed by atoms with Crippen LogP contribution in [0.5, 0.6) is 0 Å². The van der Waals surface area contributed by atoms with Crippen molar-refractivity contribution >= 4 is 37.4 Å². The lowest BCUT2D eigenvalue weighted by Gasteiger charge is -2.20. The average Bonchev–Trinajstić information content (AvgIpc) is 2.57. The third-order valence-electron chi connectivity index (χ3n) is 3.24. The normalized spacial score (nSPS) is 27.6. The van der Waals surface area contributed by atoms with Crippen LogP contribution in [0.15, 0.2) is 46.5 Å². The molecule has 2 atom stereocenters. The molecule has 1 aromatic rings. The Morgan fingerprint density at radius 1 is 1.20 bits per heavy atom. The van der Waals surface area contributed by atoms with E-state index in [-0.39, 0.29) is 0 Å². The minimum Gasteiger partial charge on any atom is -0.117 e. The highest BCUT2D eigenvalue weighted by Gasteiger charge is 2.33. The van der Waals surface area contributed by atoms with Gasteiger partial charge in [-0.05, 0) is 11.6 Å². The molecule has 0 fully saturated rings. The number of benzene rings is 1. The quantitative estimate of drug-likeness (QED) is 0.583. The van der Waals surface area contributed by atoms with Gasteiger partial charge in [0.15, 0.2) is 0 Å². The first-order valence-corrected chi connectivity index (χ1v) is 8.26. The van der Waals surface area contributed by atoms with E-state index in [0.29, 0.717) is 11.2 Å². The first kappa shape index (κ1) is 9.69. The van der Waals surface area contributed by atoms with Crippen LogP contribution in [0.25, 0.3) is 0 Å². The molecule has 76 valence electrons. The Labute approximate surface area is 101 Å². The van der Waals surface area contributed by atoms with Gasteiger partial charge in [0.2, 0.25) is 0 Å². The fourth-order valence-electron chi connectivity index (χ4n) is 2.49. The van der Waals surface area contributed by atoms with Crippen molar-refractivity contribution in [3.8, 4) is 0 Å². The number of allylic oxidation sites excluding steroid dienone is 3. The molecule has 0 spiro atoms. The Morgan fingerprint density at radius 2 is 2.07 bits per heavy atom. The minimum atomic E-state index is 0.681. The molecule has 3 heteroatoms. The van der Waals surface area contributed by atoms with Crippen molar-refractivity contribution in [2.45, 2.75) is 16.1 Å². The Kier molecular flexibility index (Phi) is 2.26. The van der Waals surface area contributed by atoms with Gasteiger partial charge in [-0.1, -0.05) is 40.7 Å². The first-order chi connectivity index (χ1) is 7.25. The molecule has 1 aromatic carbocycles. The van der Waals surface area contributed by atoms with Crippen LogP contribution in [-0.4, -0.2) is 25.7 Å². The maximum atomic E-state index is 2.43. The number of hydrogen-bond donors (Lipinski definition) is 0. The van der Waals surface area contributed by atoms with Gasteiger partial charge in [-0.2, -0.15) is 0 Å². The summed E-state index contributed by atoms with van der Waals surface area (Å²) in [7, 11) is 2.36. The van der Waals surface area contributed by atoms with Gasteiger partial charge >= 0.3 is 0 Å². The first-order valence-electron chi connectivity index (χ1n) is 5.38. The van der Waals surface area contributed by atoms with E-state index in [0.717, 1.165) is 0 Å². The minimum absolute atomic E-state index is 0.681. The van der Waals surface area contributed by atoms with Gasteiger partial charge < -0.3 is 0 Å². The van der Waals surface area contributed by atoms with Crippen molar-refractivity contribution in [1.29, 1.82) is 0 Å². The van der Waals surface area contributed by atoms with Crippen LogP contribution in [0.3, 0.4) is 0 Å². The van der Waals surface area contributed by atoms with Crippen LogP contribution < -0.4 is 5.19 Å².